The first-order chi connectivity index (χ1) is 10.00. The monoisotopic (exact) mass is 305 g/mol. The molecule has 2 aliphatic rings. The highest BCUT2D eigenvalue weighted by molar-refractivity contribution is 7.89. The molecule has 1 saturated heterocycles. The molecular weight excluding hydrogens is 286 g/mol. The van der Waals surface area contributed by atoms with Gasteiger partial charge in [0, 0.05) is 18.9 Å². The number of ketones is 1. The summed E-state index contributed by atoms with van der Waals surface area (Å²) in [5.74, 6) is 0.0680. The van der Waals surface area contributed by atoms with E-state index in [-0.39, 0.29) is 16.6 Å². The molecule has 1 aliphatic heterocycles. The number of benzene rings is 1. The van der Waals surface area contributed by atoms with E-state index >= 15 is 0 Å². The second-order valence-electron chi connectivity index (χ2n) is 5.76. The molecule has 1 fully saturated rings. The zero-order valence-electron chi connectivity index (χ0n) is 12.0. The number of hydrogen-bond acceptors (Lipinski definition) is 3. The Morgan fingerprint density at radius 2 is 1.90 bits per heavy atom. The van der Waals surface area contributed by atoms with Gasteiger partial charge in [-0.25, -0.2) is 8.42 Å². The van der Waals surface area contributed by atoms with Crippen LogP contribution in [0.5, 0.6) is 0 Å². The van der Waals surface area contributed by atoms with E-state index in [0.717, 1.165) is 12.0 Å². The highest BCUT2D eigenvalue weighted by atomic mass is 32.2. The van der Waals surface area contributed by atoms with Gasteiger partial charge < -0.3 is 0 Å². The summed E-state index contributed by atoms with van der Waals surface area (Å²) in [5, 5.41) is 0. The maximum absolute atomic E-state index is 12.8. The van der Waals surface area contributed by atoms with Crippen LogP contribution in [0.25, 0.3) is 0 Å². The van der Waals surface area contributed by atoms with Crippen molar-refractivity contribution in [1.82, 2.24) is 4.31 Å². The quantitative estimate of drug-likeness (QED) is 0.788. The molecular formula is C16H19NO3S. The Labute approximate surface area is 125 Å². The van der Waals surface area contributed by atoms with Crippen molar-refractivity contribution >= 4 is 15.8 Å². The van der Waals surface area contributed by atoms with E-state index in [1.807, 2.05) is 19.1 Å². The van der Waals surface area contributed by atoms with E-state index in [4.69, 9.17) is 0 Å². The summed E-state index contributed by atoms with van der Waals surface area (Å²) < 4.78 is 27.0. The average Bonchev–Trinajstić information content (AvgIpc) is 2.81. The molecule has 1 aromatic rings. The molecule has 1 heterocycles. The SMILES string of the molecule is Cc1ccc(S(=O)(=O)N2CCC3C=CCCC(=O)C32)cc1. The van der Waals surface area contributed by atoms with E-state index in [1.165, 1.54) is 4.31 Å². The van der Waals surface area contributed by atoms with Gasteiger partial charge in [-0.05, 0) is 31.9 Å². The zero-order chi connectivity index (χ0) is 15.0. The van der Waals surface area contributed by atoms with E-state index < -0.39 is 16.1 Å². The van der Waals surface area contributed by atoms with Crippen molar-refractivity contribution in [3.63, 3.8) is 0 Å². The number of fused-ring (bicyclic) bond motifs is 1. The Balaban J connectivity index is 1.97. The van der Waals surface area contributed by atoms with Crippen molar-refractivity contribution in [3.05, 3.63) is 42.0 Å². The van der Waals surface area contributed by atoms with Crippen molar-refractivity contribution in [2.75, 3.05) is 6.54 Å². The van der Waals surface area contributed by atoms with Gasteiger partial charge in [0.25, 0.3) is 0 Å². The number of rotatable bonds is 2. The lowest BCUT2D eigenvalue weighted by atomic mass is 9.98. The molecule has 5 heteroatoms. The van der Waals surface area contributed by atoms with Gasteiger partial charge in [0.1, 0.15) is 0 Å². The van der Waals surface area contributed by atoms with Crippen LogP contribution in [0, 0.1) is 12.8 Å². The van der Waals surface area contributed by atoms with E-state index in [9.17, 15) is 13.2 Å². The Morgan fingerprint density at radius 3 is 2.62 bits per heavy atom. The average molecular weight is 305 g/mol. The van der Waals surface area contributed by atoms with Gasteiger partial charge in [-0.3, -0.25) is 4.79 Å². The zero-order valence-corrected chi connectivity index (χ0v) is 12.8. The third-order valence-corrected chi connectivity index (χ3v) is 6.19. The van der Waals surface area contributed by atoms with Crippen LogP contribution in [-0.2, 0) is 14.8 Å². The molecule has 112 valence electrons. The number of Topliss-reactive ketones (excluding diaryl/α,β-unsaturated/α-hetero) is 1. The first kappa shape index (κ1) is 14.5. The normalized spacial score (nSPS) is 26.6. The summed E-state index contributed by atoms with van der Waals surface area (Å²) in [4.78, 5) is 12.6. The number of aryl methyl sites for hydroxylation is 1. The lowest BCUT2D eigenvalue weighted by Crippen LogP contribution is -2.42. The second kappa shape index (κ2) is 5.39. The number of hydrogen-bond donors (Lipinski definition) is 0. The highest BCUT2D eigenvalue weighted by Crippen LogP contribution is 2.34. The number of nitrogens with zero attached hydrogens (tertiary/aromatic N) is 1. The van der Waals surface area contributed by atoms with E-state index in [0.29, 0.717) is 19.4 Å². The molecule has 0 spiro atoms. The summed E-state index contributed by atoms with van der Waals surface area (Å²) in [6.45, 7) is 2.34. The molecule has 21 heavy (non-hydrogen) atoms. The highest BCUT2D eigenvalue weighted by Gasteiger charge is 2.44. The molecule has 4 nitrogen and oxygen atoms in total. The van der Waals surface area contributed by atoms with Crippen molar-refractivity contribution in [2.24, 2.45) is 5.92 Å². The first-order valence-corrected chi connectivity index (χ1v) is 8.72. The lowest BCUT2D eigenvalue weighted by molar-refractivity contribution is -0.122. The largest absolute Gasteiger partial charge is 0.298 e. The first-order valence-electron chi connectivity index (χ1n) is 7.28. The summed E-state index contributed by atoms with van der Waals surface area (Å²) >= 11 is 0. The number of carbonyl (C=O) groups excluding carboxylic acids is 1. The molecule has 2 unspecified atom stereocenters. The van der Waals surface area contributed by atoms with Gasteiger partial charge in [0.05, 0.1) is 10.9 Å². The minimum atomic E-state index is -3.60. The summed E-state index contributed by atoms with van der Waals surface area (Å²) in [7, 11) is -3.60. The second-order valence-corrected chi connectivity index (χ2v) is 7.65. The Kier molecular flexibility index (Phi) is 3.71. The van der Waals surface area contributed by atoms with Crippen molar-refractivity contribution in [3.8, 4) is 0 Å². The summed E-state index contributed by atoms with van der Waals surface area (Å²) in [5.41, 5.74) is 1.02. The maximum atomic E-state index is 12.8. The van der Waals surface area contributed by atoms with Crippen LogP contribution in [0.15, 0.2) is 41.3 Å². The van der Waals surface area contributed by atoms with Crippen LogP contribution in [0.1, 0.15) is 24.8 Å². The van der Waals surface area contributed by atoms with Gasteiger partial charge in [-0.2, -0.15) is 4.31 Å². The molecule has 2 atom stereocenters. The van der Waals surface area contributed by atoms with E-state index in [2.05, 4.69) is 0 Å². The maximum Gasteiger partial charge on any atom is 0.243 e. The summed E-state index contributed by atoms with van der Waals surface area (Å²) in [6.07, 6.45) is 5.88. The van der Waals surface area contributed by atoms with Gasteiger partial charge in [0.15, 0.2) is 5.78 Å². The van der Waals surface area contributed by atoms with Crippen molar-refractivity contribution < 1.29 is 13.2 Å². The van der Waals surface area contributed by atoms with Crippen LogP contribution in [0.3, 0.4) is 0 Å². The minimum absolute atomic E-state index is 0.0280. The van der Waals surface area contributed by atoms with Crippen LogP contribution in [-0.4, -0.2) is 31.1 Å². The Bertz CT molecular complexity index is 676. The Morgan fingerprint density at radius 1 is 1.19 bits per heavy atom. The van der Waals surface area contributed by atoms with Gasteiger partial charge >= 0.3 is 0 Å². The molecule has 0 saturated carbocycles. The lowest BCUT2D eigenvalue weighted by Gasteiger charge is -2.24. The van der Waals surface area contributed by atoms with Crippen LogP contribution < -0.4 is 0 Å². The Hall–Kier alpha value is -1.46. The van der Waals surface area contributed by atoms with Crippen molar-refractivity contribution in [2.45, 2.75) is 37.1 Å². The molecule has 0 amide bonds. The molecule has 0 bridgehead atoms. The molecule has 1 aromatic carbocycles. The fourth-order valence-electron chi connectivity index (χ4n) is 3.15. The fourth-order valence-corrected chi connectivity index (χ4v) is 4.82. The van der Waals surface area contributed by atoms with Gasteiger partial charge in [-0.15, -0.1) is 0 Å². The topological polar surface area (TPSA) is 54.5 Å². The van der Waals surface area contributed by atoms with Crippen LogP contribution >= 0.6 is 0 Å². The third-order valence-electron chi connectivity index (χ3n) is 4.30. The van der Waals surface area contributed by atoms with Crippen LogP contribution in [0.2, 0.25) is 0 Å². The predicted octanol–water partition coefficient (Wildman–Crippen LogP) is 2.29. The number of allylic oxidation sites excluding steroid dienone is 1. The smallest absolute Gasteiger partial charge is 0.243 e. The fraction of sp³-hybridized carbons (Fsp3) is 0.438. The molecule has 0 radical (unpaired) electrons. The molecule has 0 N–H and O–H groups in total. The van der Waals surface area contributed by atoms with Gasteiger partial charge in [-0.1, -0.05) is 29.8 Å². The predicted molar refractivity (Wildman–Crippen MR) is 80.3 cm³/mol. The molecule has 1 aliphatic carbocycles. The third kappa shape index (κ3) is 2.56. The van der Waals surface area contributed by atoms with Gasteiger partial charge in [0.2, 0.25) is 10.0 Å². The van der Waals surface area contributed by atoms with Crippen molar-refractivity contribution in [1.29, 1.82) is 0 Å². The number of carbonyl (C=O) groups is 1. The van der Waals surface area contributed by atoms with E-state index in [1.54, 1.807) is 24.3 Å². The number of sulfonamides is 1. The molecule has 0 aromatic heterocycles. The standard InChI is InChI=1S/C16H19NO3S/c1-12-6-8-14(9-7-12)21(19,20)17-11-10-13-4-2-3-5-15(18)16(13)17/h2,4,6-9,13,16H,3,5,10-11H2,1H3. The van der Waals surface area contributed by atoms with Crippen LogP contribution in [0.4, 0.5) is 0 Å². The molecule has 3 rings (SSSR count). The minimum Gasteiger partial charge on any atom is -0.298 e. The summed E-state index contributed by atoms with van der Waals surface area (Å²) in [6, 6.07) is 6.30.